The molecule has 0 aliphatic rings. The number of hydrogen-bond donors (Lipinski definition) is 0. The molecular formula is C25H28. The standard InChI is InChI=1S/C25H28/c1-19(2)22-14-12-21(13-15-22)8-7-11-23-16-17-25(18-20(23)3)24-9-5-4-6-10-24/h4-6,9-10,12-19H,7-8,11H2,1-3H3. The first-order valence-electron chi connectivity index (χ1n) is 9.37. The summed E-state index contributed by atoms with van der Waals surface area (Å²) in [5.41, 5.74) is 8.35. The molecule has 0 heteroatoms. The van der Waals surface area contributed by atoms with Crippen LogP contribution in [0.1, 0.15) is 48.4 Å². The van der Waals surface area contributed by atoms with Crippen molar-refractivity contribution < 1.29 is 0 Å². The van der Waals surface area contributed by atoms with Crippen molar-refractivity contribution in [3.05, 3.63) is 95.1 Å². The molecule has 0 fully saturated rings. The predicted octanol–water partition coefficient (Wildman–Crippen LogP) is 6.96. The summed E-state index contributed by atoms with van der Waals surface area (Å²) >= 11 is 0. The molecule has 0 aromatic heterocycles. The van der Waals surface area contributed by atoms with E-state index in [1.165, 1.54) is 39.8 Å². The molecule has 0 saturated heterocycles. The molecule has 3 rings (SSSR count). The van der Waals surface area contributed by atoms with Crippen molar-refractivity contribution in [3.8, 4) is 11.1 Å². The second kappa shape index (κ2) is 8.16. The van der Waals surface area contributed by atoms with Gasteiger partial charge in [-0.2, -0.15) is 0 Å². The first kappa shape index (κ1) is 17.5. The van der Waals surface area contributed by atoms with Gasteiger partial charge in [-0.15, -0.1) is 0 Å². The van der Waals surface area contributed by atoms with E-state index in [0.717, 1.165) is 12.8 Å². The van der Waals surface area contributed by atoms with Crippen LogP contribution in [0.3, 0.4) is 0 Å². The lowest BCUT2D eigenvalue weighted by atomic mass is 9.95. The highest BCUT2D eigenvalue weighted by Gasteiger charge is 2.04. The number of hydrogen-bond acceptors (Lipinski definition) is 0. The molecule has 0 radical (unpaired) electrons. The van der Waals surface area contributed by atoms with Gasteiger partial charge in [0.2, 0.25) is 0 Å². The van der Waals surface area contributed by atoms with E-state index >= 15 is 0 Å². The highest BCUT2D eigenvalue weighted by Crippen LogP contribution is 2.23. The Balaban J connectivity index is 1.60. The lowest BCUT2D eigenvalue weighted by molar-refractivity contribution is 0.812. The molecule has 25 heavy (non-hydrogen) atoms. The van der Waals surface area contributed by atoms with Gasteiger partial charge in [0.05, 0.1) is 0 Å². The molecular weight excluding hydrogens is 300 g/mol. The summed E-state index contributed by atoms with van der Waals surface area (Å²) in [6.07, 6.45) is 3.50. The number of rotatable bonds is 6. The van der Waals surface area contributed by atoms with E-state index in [4.69, 9.17) is 0 Å². The molecule has 0 N–H and O–H groups in total. The molecule has 3 aromatic carbocycles. The van der Waals surface area contributed by atoms with E-state index in [1.54, 1.807) is 0 Å². The van der Waals surface area contributed by atoms with Gasteiger partial charge in [-0.1, -0.05) is 86.6 Å². The van der Waals surface area contributed by atoms with Crippen LogP contribution in [0.2, 0.25) is 0 Å². The third kappa shape index (κ3) is 4.60. The zero-order chi connectivity index (χ0) is 17.6. The molecule has 0 heterocycles. The summed E-state index contributed by atoms with van der Waals surface area (Å²) in [6, 6.07) is 26.6. The van der Waals surface area contributed by atoms with Gasteiger partial charge in [0.25, 0.3) is 0 Å². The van der Waals surface area contributed by atoms with Crippen molar-refractivity contribution in [2.75, 3.05) is 0 Å². The molecule has 0 saturated carbocycles. The Morgan fingerprint density at radius 3 is 2.08 bits per heavy atom. The van der Waals surface area contributed by atoms with E-state index in [1.807, 2.05) is 0 Å². The summed E-state index contributed by atoms with van der Waals surface area (Å²) in [5.74, 6) is 0.611. The van der Waals surface area contributed by atoms with Crippen LogP contribution < -0.4 is 0 Å². The van der Waals surface area contributed by atoms with Gasteiger partial charge in [0.15, 0.2) is 0 Å². The average molecular weight is 328 g/mol. The molecule has 0 amide bonds. The third-order valence-corrected chi connectivity index (χ3v) is 5.01. The van der Waals surface area contributed by atoms with Crippen LogP contribution in [-0.2, 0) is 12.8 Å². The fraction of sp³-hybridized carbons (Fsp3) is 0.280. The molecule has 0 unspecified atom stereocenters. The molecule has 0 nitrogen and oxygen atoms in total. The average Bonchev–Trinajstić information content (AvgIpc) is 2.64. The smallest absolute Gasteiger partial charge is 0.0181 e. The van der Waals surface area contributed by atoms with E-state index in [9.17, 15) is 0 Å². The lowest BCUT2D eigenvalue weighted by Gasteiger charge is -2.10. The van der Waals surface area contributed by atoms with Crippen molar-refractivity contribution in [1.82, 2.24) is 0 Å². The summed E-state index contributed by atoms with van der Waals surface area (Å²) in [4.78, 5) is 0. The Kier molecular flexibility index (Phi) is 5.71. The van der Waals surface area contributed by atoms with E-state index in [2.05, 4.69) is 93.6 Å². The third-order valence-electron chi connectivity index (χ3n) is 5.01. The normalized spacial score (nSPS) is 11.0. The van der Waals surface area contributed by atoms with Gasteiger partial charge in [-0.3, -0.25) is 0 Å². The van der Waals surface area contributed by atoms with Crippen molar-refractivity contribution in [2.45, 2.75) is 46.0 Å². The summed E-state index contributed by atoms with van der Waals surface area (Å²) < 4.78 is 0. The molecule has 3 aromatic rings. The second-order valence-electron chi connectivity index (χ2n) is 7.26. The van der Waals surface area contributed by atoms with E-state index in [0.29, 0.717) is 5.92 Å². The van der Waals surface area contributed by atoms with Crippen LogP contribution in [0.4, 0.5) is 0 Å². The highest BCUT2D eigenvalue weighted by molar-refractivity contribution is 5.64. The molecule has 0 bridgehead atoms. The minimum atomic E-state index is 0.611. The van der Waals surface area contributed by atoms with E-state index < -0.39 is 0 Å². The topological polar surface area (TPSA) is 0 Å². The zero-order valence-corrected chi connectivity index (χ0v) is 15.6. The van der Waals surface area contributed by atoms with Crippen LogP contribution in [-0.4, -0.2) is 0 Å². The summed E-state index contributed by atoms with van der Waals surface area (Å²) in [6.45, 7) is 6.73. The minimum Gasteiger partial charge on any atom is -0.0622 e. The number of benzene rings is 3. The maximum absolute atomic E-state index is 2.32. The summed E-state index contributed by atoms with van der Waals surface area (Å²) in [5, 5.41) is 0. The molecule has 0 atom stereocenters. The Labute approximate surface area is 152 Å². The summed E-state index contributed by atoms with van der Waals surface area (Å²) in [7, 11) is 0. The maximum atomic E-state index is 2.32. The Morgan fingerprint density at radius 2 is 1.44 bits per heavy atom. The zero-order valence-electron chi connectivity index (χ0n) is 15.6. The van der Waals surface area contributed by atoms with Crippen molar-refractivity contribution >= 4 is 0 Å². The van der Waals surface area contributed by atoms with Gasteiger partial charge in [0, 0.05) is 0 Å². The van der Waals surface area contributed by atoms with Gasteiger partial charge >= 0.3 is 0 Å². The van der Waals surface area contributed by atoms with Crippen molar-refractivity contribution in [3.63, 3.8) is 0 Å². The van der Waals surface area contributed by atoms with Gasteiger partial charge in [-0.05, 0) is 65.5 Å². The number of aryl methyl sites for hydroxylation is 3. The van der Waals surface area contributed by atoms with Gasteiger partial charge in [0.1, 0.15) is 0 Å². The van der Waals surface area contributed by atoms with Gasteiger partial charge < -0.3 is 0 Å². The molecule has 0 aliphatic heterocycles. The molecule has 128 valence electrons. The van der Waals surface area contributed by atoms with Crippen LogP contribution in [0, 0.1) is 6.92 Å². The molecule has 0 aliphatic carbocycles. The Bertz CT molecular complexity index is 795. The first-order valence-corrected chi connectivity index (χ1v) is 9.37. The highest BCUT2D eigenvalue weighted by atomic mass is 14.1. The van der Waals surface area contributed by atoms with Crippen molar-refractivity contribution in [1.29, 1.82) is 0 Å². The SMILES string of the molecule is Cc1cc(-c2ccccc2)ccc1CCCc1ccc(C(C)C)cc1. The monoisotopic (exact) mass is 328 g/mol. The Morgan fingerprint density at radius 1 is 0.720 bits per heavy atom. The fourth-order valence-corrected chi connectivity index (χ4v) is 3.34. The van der Waals surface area contributed by atoms with Crippen molar-refractivity contribution in [2.24, 2.45) is 0 Å². The van der Waals surface area contributed by atoms with Gasteiger partial charge in [-0.25, -0.2) is 0 Å². The quantitative estimate of drug-likeness (QED) is 0.459. The van der Waals surface area contributed by atoms with Crippen LogP contribution in [0.15, 0.2) is 72.8 Å². The minimum absolute atomic E-state index is 0.611. The van der Waals surface area contributed by atoms with Crippen LogP contribution in [0.5, 0.6) is 0 Å². The van der Waals surface area contributed by atoms with E-state index in [-0.39, 0.29) is 0 Å². The second-order valence-corrected chi connectivity index (χ2v) is 7.26. The largest absolute Gasteiger partial charge is 0.0622 e. The predicted molar refractivity (Wildman–Crippen MR) is 109 cm³/mol. The first-order chi connectivity index (χ1) is 12.1. The lowest BCUT2D eigenvalue weighted by Crippen LogP contribution is -1.94. The maximum Gasteiger partial charge on any atom is -0.0181 e. The van der Waals surface area contributed by atoms with Crippen LogP contribution >= 0.6 is 0 Å². The Hall–Kier alpha value is -2.34. The fourth-order valence-electron chi connectivity index (χ4n) is 3.34. The van der Waals surface area contributed by atoms with Crippen LogP contribution in [0.25, 0.3) is 11.1 Å². The molecule has 0 spiro atoms.